The number of nitriles is 1. The summed E-state index contributed by atoms with van der Waals surface area (Å²) in [7, 11) is 1.32. The van der Waals surface area contributed by atoms with Gasteiger partial charge in [-0.05, 0) is 29.7 Å². The molecule has 0 amide bonds. The first-order valence-electron chi connectivity index (χ1n) is 6.43. The van der Waals surface area contributed by atoms with Gasteiger partial charge in [0.05, 0.1) is 7.11 Å². The highest BCUT2D eigenvalue weighted by atomic mass is 35.5. The van der Waals surface area contributed by atoms with Gasteiger partial charge in [0.25, 0.3) is 0 Å². The van der Waals surface area contributed by atoms with Gasteiger partial charge in [-0.25, -0.2) is 4.98 Å². The number of halogens is 2. The van der Waals surface area contributed by atoms with Gasteiger partial charge < -0.3 is 10.5 Å². The maximum Gasteiger partial charge on any atom is 0.322 e. The van der Waals surface area contributed by atoms with E-state index in [1.165, 1.54) is 7.11 Å². The average molecular weight is 354 g/mol. The molecule has 2 rings (SSSR count). The summed E-state index contributed by atoms with van der Waals surface area (Å²) in [6.45, 7) is 0. The Bertz CT molecular complexity index is 667. The molecular formula is C16H17Cl2N3O2. The van der Waals surface area contributed by atoms with E-state index in [4.69, 9.17) is 11.0 Å². The van der Waals surface area contributed by atoms with Gasteiger partial charge in [0, 0.05) is 11.8 Å². The lowest BCUT2D eigenvalue weighted by Crippen LogP contribution is -2.33. The third kappa shape index (κ3) is 5.53. The molecule has 7 heteroatoms. The fourth-order valence-electron chi connectivity index (χ4n) is 1.95. The lowest BCUT2D eigenvalue weighted by atomic mass is 10.0. The monoisotopic (exact) mass is 353 g/mol. The van der Waals surface area contributed by atoms with Crippen molar-refractivity contribution in [2.75, 3.05) is 7.11 Å². The first-order valence-corrected chi connectivity index (χ1v) is 6.43. The van der Waals surface area contributed by atoms with E-state index >= 15 is 0 Å². The molecule has 0 spiro atoms. The van der Waals surface area contributed by atoms with Crippen molar-refractivity contribution in [3.8, 4) is 17.2 Å². The Morgan fingerprint density at radius 1 is 1.22 bits per heavy atom. The average Bonchev–Trinajstić information content (AvgIpc) is 2.55. The van der Waals surface area contributed by atoms with Crippen LogP contribution in [0.1, 0.15) is 11.3 Å². The number of nitrogens with two attached hydrogens (primary N) is 1. The molecule has 1 aromatic heterocycles. The van der Waals surface area contributed by atoms with Crippen molar-refractivity contribution in [3.05, 3.63) is 53.9 Å². The number of benzene rings is 1. The van der Waals surface area contributed by atoms with Gasteiger partial charge in [-0.3, -0.25) is 4.79 Å². The van der Waals surface area contributed by atoms with E-state index in [9.17, 15) is 4.79 Å². The molecule has 0 saturated carbocycles. The fraction of sp³-hybridized carbons (Fsp3) is 0.188. The highest BCUT2D eigenvalue weighted by Crippen LogP contribution is 2.19. The second kappa shape index (κ2) is 9.80. The molecule has 0 unspecified atom stereocenters. The van der Waals surface area contributed by atoms with Crippen LogP contribution in [0.25, 0.3) is 11.1 Å². The van der Waals surface area contributed by atoms with Gasteiger partial charge in [0.15, 0.2) is 0 Å². The largest absolute Gasteiger partial charge is 0.468 e. The number of rotatable bonds is 4. The van der Waals surface area contributed by atoms with E-state index in [2.05, 4.69) is 9.72 Å². The first kappa shape index (κ1) is 20.9. The van der Waals surface area contributed by atoms with Crippen LogP contribution in [-0.4, -0.2) is 24.1 Å². The van der Waals surface area contributed by atoms with Crippen LogP contribution in [0.5, 0.6) is 0 Å². The van der Waals surface area contributed by atoms with Crippen LogP contribution in [0.3, 0.4) is 0 Å². The molecule has 23 heavy (non-hydrogen) atoms. The second-order valence-corrected chi connectivity index (χ2v) is 4.57. The number of ether oxygens (including phenoxy) is 1. The molecule has 0 aliphatic rings. The van der Waals surface area contributed by atoms with Gasteiger partial charge in [-0.1, -0.05) is 24.3 Å². The molecule has 0 radical (unpaired) electrons. The molecule has 122 valence electrons. The van der Waals surface area contributed by atoms with Crippen LogP contribution in [0.15, 0.2) is 42.6 Å². The van der Waals surface area contributed by atoms with Crippen molar-refractivity contribution in [1.29, 1.82) is 5.26 Å². The molecular weight excluding hydrogens is 337 g/mol. The zero-order valence-electron chi connectivity index (χ0n) is 12.4. The summed E-state index contributed by atoms with van der Waals surface area (Å²) in [4.78, 5) is 15.3. The minimum absolute atomic E-state index is 0. The lowest BCUT2D eigenvalue weighted by molar-refractivity contribution is -0.142. The third-order valence-corrected chi connectivity index (χ3v) is 3.12. The minimum Gasteiger partial charge on any atom is -0.468 e. The van der Waals surface area contributed by atoms with E-state index in [-0.39, 0.29) is 24.8 Å². The minimum atomic E-state index is -0.655. The summed E-state index contributed by atoms with van der Waals surface area (Å²) in [5.41, 5.74) is 8.99. The molecule has 2 aromatic rings. The number of hydrogen-bond acceptors (Lipinski definition) is 5. The van der Waals surface area contributed by atoms with Crippen molar-refractivity contribution in [2.24, 2.45) is 5.73 Å². The van der Waals surface area contributed by atoms with Crippen molar-refractivity contribution in [2.45, 2.75) is 12.5 Å². The summed E-state index contributed by atoms with van der Waals surface area (Å²) in [6, 6.07) is 12.5. The molecule has 0 aliphatic carbocycles. The van der Waals surface area contributed by atoms with Crippen molar-refractivity contribution >= 4 is 30.8 Å². The van der Waals surface area contributed by atoms with Gasteiger partial charge in [0.2, 0.25) is 0 Å². The Balaban J connectivity index is 0.00000242. The number of esters is 1. The van der Waals surface area contributed by atoms with Crippen LogP contribution < -0.4 is 5.73 Å². The number of carbonyl (C=O) groups excluding carboxylic acids is 1. The number of pyridine rings is 1. The summed E-state index contributed by atoms with van der Waals surface area (Å²) < 4.78 is 4.60. The molecule has 1 heterocycles. The van der Waals surface area contributed by atoms with E-state index in [0.29, 0.717) is 12.1 Å². The van der Waals surface area contributed by atoms with Crippen LogP contribution in [0.2, 0.25) is 0 Å². The predicted molar refractivity (Wildman–Crippen MR) is 92.6 cm³/mol. The van der Waals surface area contributed by atoms with Crippen molar-refractivity contribution in [1.82, 2.24) is 4.98 Å². The topological polar surface area (TPSA) is 89.0 Å². The third-order valence-electron chi connectivity index (χ3n) is 3.12. The molecule has 2 N–H and O–H groups in total. The van der Waals surface area contributed by atoms with E-state index in [0.717, 1.165) is 16.7 Å². The molecule has 5 nitrogen and oxygen atoms in total. The summed E-state index contributed by atoms with van der Waals surface area (Å²) >= 11 is 0. The van der Waals surface area contributed by atoms with Gasteiger partial charge in [-0.15, -0.1) is 24.8 Å². The number of aromatic nitrogens is 1. The van der Waals surface area contributed by atoms with Crippen molar-refractivity contribution in [3.63, 3.8) is 0 Å². The fourth-order valence-corrected chi connectivity index (χ4v) is 1.95. The maximum atomic E-state index is 11.3. The summed E-state index contributed by atoms with van der Waals surface area (Å²) in [5.74, 6) is -0.421. The van der Waals surface area contributed by atoms with Crippen LogP contribution >= 0.6 is 24.8 Å². The number of hydrogen-bond donors (Lipinski definition) is 1. The highest BCUT2D eigenvalue weighted by Gasteiger charge is 2.14. The number of carbonyl (C=O) groups is 1. The standard InChI is InChI=1S/C16H15N3O2.2ClH/c1-21-16(20)15(18)8-11-2-4-12(5-3-11)13-6-7-14(9-17)19-10-13;;/h2-7,10,15H,8,18H2,1H3;2*1H/t15-;;/m0../s1. The predicted octanol–water partition coefficient (Wildman–Crippen LogP) is 2.51. The zero-order valence-corrected chi connectivity index (χ0v) is 14.1. The van der Waals surface area contributed by atoms with Crippen LogP contribution in [-0.2, 0) is 16.0 Å². The van der Waals surface area contributed by atoms with Gasteiger partial charge >= 0.3 is 5.97 Å². The van der Waals surface area contributed by atoms with Gasteiger partial charge in [0.1, 0.15) is 17.8 Å². The normalized spacial score (nSPS) is 10.5. The van der Waals surface area contributed by atoms with Crippen LogP contribution in [0.4, 0.5) is 0 Å². The Labute approximate surface area is 147 Å². The van der Waals surface area contributed by atoms with Gasteiger partial charge in [-0.2, -0.15) is 5.26 Å². The number of nitrogens with zero attached hydrogens (tertiary/aromatic N) is 2. The summed E-state index contributed by atoms with van der Waals surface area (Å²) in [6.07, 6.45) is 2.09. The highest BCUT2D eigenvalue weighted by molar-refractivity contribution is 5.85. The SMILES string of the molecule is COC(=O)[C@@H](N)Cc1ccc(-c2ccc(C#N)nc2)cc1.Cl.Cl. The smallest absolute Gasteiger partial charge is 0.322 e. The quantitative estimate of drug-likeness (QED) is 0.853. The first-order chi connectivity index (χ1) is 10.1. The maximum absolute atomic E-state index is 11.3. The molecule has 1 aromatic carbocycles. The molecule has 0 saturated heterocycles. The molecule has 0 bridgehead atoms. The Morgan fingerprint density at radius 2 is 1.83 bits per heavy atom. The number of methoxy groups -OCH3 is 1. The second-order valence-electron chi connectivity index (χ2n) is 4.57. The molecule has 0 fully saturated rings. The summed E-state index contributed by atoms with van der Waals surface area (Å²) in [5, 5.41) is 8.72. The Kier molecular flexibility index (Phi) is 8.89. The lowest BCUT2D eigenvalue weighted by Gasteiger charge is -2.09. The Morgan fingerprint density at radius 3 is 2.30 bits per heavy atom. The van der Waals surface area contributed by atoms with E-state index in [1.54, 1.807) is 12.3 Å². The molecule has 1 atom stereocenters. The Hall–Kier alpha value is -2.13. The zero-order chi connectivity index (χ0) is 15.2. The molecule has 0 aliphatic heterocycles. The van der Waals surface area contributed by atoms with Crippen molar-refractivity contribution < 1.29 is 9.53 Å². The van der Waals surface area contributed by atoms with E-state index in [1.807, 2.05) is 36.4 Å². The van der Waals surface area contributed by atoms with E-state index < -0.39 is 12.0 Å². The van der Waals surface area contributed by atoms with Crippen LogP contribution in [0, 0.1) is 11.3 Å².